The number of carbonyl (C=O) groups is 1. The van der Waals surface area contributed by atoms with Crippen molar-refractivity contribution < 1.29 is 18.0 Å². The van der Waals surface area contributed by atoms with Crippen LogP contribution in [-0.4, -0.2) is 5.91 Å². The van der Waals surface area contributed by atoms with E-state index in [0.717, 1.165) is 17.7 Å². The Bertz CT molecular complexity index is 649. The SMILES string of the molecule is Cc1ccsc1C(=O)Nc1ccc(N)cc1C(F)(F)F. The van der Waals surface area contributed by atoms with E-state index in [1.165, 1.54) is 17.4 Å². The van der Waals surface area contributed by atoms with Crippen molar-refractivity contribution in [1.82, 2.24) is 0 Å². The van der Waals surface area contributed by atoms with Crippen LogP contribution in [0.4, 0.5) is 24.5 Å². The maximum Gasteiger partial charge on any atom is 0.418 e. The van der Waals surface area contributed by atoms with Crippen molar-refractivity contribution in [3.63, 3.8) is 0 Å². The first-order valence-electron chi connectivity index (χ1n) is 5.61. The molecule has 0 aliphatic heterocycles. The standard InChI is InChI=1S/C13H11F3N2OS/c1-7-4-5-20-11(7)12(19)18-10-3-2-8(17)6-9(10)13(14,15)16/h2-6H,17H2,1H3,(H,18,19). The van der Waals surface area contributed by atoms with E-state index in [4.69, 9.17) is 5.73 Å². The highest BCUT2D eigenvalue weighted by Crippen LogP contribution is 2.36. The first-order valence-corrected chi connectivity index (χ1v) is 6.49. The molecule has 1 aromatic carbocycles. The third kappa shape index (κ3) is 2.93. The second-order valence-corrected chi connectivity index (χ2v) is 5.11. The van der Waals surface area contributed by atoms with Gasteiger partial charge < -0.3 is 11.1 Å². The smallest absolute Gasteiger partial charge is 0.399 e. The number of nitrogens with two attached hydrogens (primary N) is 1. The summed E-state index contributed by atoms with van der Waals surface area (Å²) in [4.78, 5) is 12.3. The molecule has 0 aliphatic carbocycles. The fourth-order valence-electron chi connectivity index (χ4n) is 1.69. The number of anilines is 2. The summed E-state index contributed by atoms with van der Waals surface area (Å²) in [6.07, 6.45) is -4.58. The predicted octanol–water partition coefficient (Wildman–Crippen LogP) is 3.91. The summed E-state index contributed by atoms with van der Waals surface area (Å²) in [6, 6.07) is 5.00. The van der Waals surface area contributed by atoms with E-state index in [1.54, 1.807) is 18.4 Å². The highest BCUT2D eigenvalue weighted by Gasteiger charge is 2.34. The molecular weight excluding hydrogens is 289 g/mol. The molecular formula is C13H11F3N2OS. The van der Waals surface area contributed by atoms with Crippen LogP contribution in [0.2, 0.25) is 0 Å². The number of halogens is 3. The Balaban J connectivity index is 2.35. The Morgan fingerprint density at radius 1 is 1.30 bits per heavy atom. The van der Waals surface area contributed by atoms with Crippen molar-refractivity contribution in [2.24, 2.45) is 0 Å². The van der Waals surface area contributed by atoms with Crippen LogP contribution in [0.1, 0.15) is 20.8 Å². The van der Waals surface area contributed by atoms with Gasteiger partial charge in [-0.15, -0.1) is 11.3 Å². The molecule has 106 valence electrons. The maximum atomic E-state index is 12.9. The van der Waals surface area contributed by atoms with Crippen LogP contribution in [0.15, 0.2) is 29.6 Å². The summed E-state index contributed by atoms with van der Waals surface area (Å²) in [6.45, 7) is 1.72. The molecule has 1 aromatic heterocycles. The van der Waals surface area contributed by atoms with Gasteiger partial charge in [-0.3, -0.25) is 4.79 Å². The number of nitrogen functional groups attached to an aromatic ring is 1. The molecule has 7 heteroatoms. The summed E-state index contributed by atoms with van der Waals surface area (Å²) < 4.78 is 38.7. The molecule has 0 unspecified atom stereocenters. The zero-order valence-electron chi connectivity index (χ0n) is 10.4. The van der Waals surface area contributed by atoms with Crippen molar-refractivity contribution in [1.29, 1.82) is 0 Å². The Morgan fingerprint density at radius 2 is 2.00 bits per heavy atom. The lowest BCUT2D eigenvalue weighted by molar-refractivity contribution is -0.136. The van der Waals surface area contributed by atoms with Crippen molar-refractivity contribution in [2.45, 2.75) is 13.1 Å². The van der Waals surface area contributed by atoms with E-state index in [0.29, 0.717) is 4.88 Å². The first kappa shape index (κ1) is 14.4. The number of aryl methyl sites for hydroxylation is 1. The summed E-state index contributed by atoms with van der Waals surface area (Å²) >= 11 is 1.18. The minimum absolute atomic E-state index is 0.0115. The van der Waals surface area contributed by atoms with Gasteiger partial charge in [0.05, 0.1) is 16.1 Å². The summed E-state index contributed by atoms with van der Waals surface area (Å²) in [7, 11) is 0. The third-order valence-corrected chi connectivity index (χ3v) is 3.68. The lowest BCUT2D eigenvalue weighted by Crippen LogP contribution is -2.16. The number of hydrogen-bond acceptors (Lipinski definition) is 3. The fourth-order valence-corrected chi connectivity index (χ4v) is 2.51. The molecule has 0 atom stereocenters. The largest absolute Gasteiger partial charge is 0.418 e. The lowest BCUT2D eigenvalue weighted by atomic mass is 10.1. The molecule has 0 spiro atoms. The number of hydrogen-bond donors (Lipinski definition) is 2. The van der Waals surface area contributed by atoms with Gasteiger partial charge in [-0.2, -0.15) is 13.2 Å². The van der Waals surface area contributed by atoms with E-state index in [9.17, 15) is 18.0 Å². The topological polar surface area (TPSA) is 55.1 Å². The molecule has 20 heavy (non-hydrogen) atoms. The van der Waals surface area contributed by atoms with Crippen molar-refractivity contribution in [2.75, 3.05) is 11.1 Å². The van der Waals surface area contributed by atoms with Crippen molar-refractivity contribution in [3.8, 4) is 0 Å². The van der Waals surface area contributed by atoms with Gasteiger partial charge in [0.2, 0.25) is 0 Å². The quantitative estimate of drug-likeness (QED) is 0.826. The number of amides is 1. The van der Waals surface area contributed by atoms with Crippen molar-refractivity contribution >= 4 is 28.6 Å². The molecule has 3 nitrogen and oxygen atoms in total. The molecule has 2 rings (SSSR count). The molecule has 2 aromatic rings. The monoisotopic (exact) mass is 300 g/mol. The molecule has 0 saturated carbocycles. The van der Waals surface area contributed by atoms with Gasteiger partial charge in [-0.1, -0.05) is 0 Å². The second kappa shape index (κ2) is 5.16. The van der Waals surface area contributed by atoms with Gasteiger partial charge in [0.25, 0.3) is 5.91 Å². The van der Waals surface area contributed by atoms with Crippen LogP contribution in [0.5, 0.6) is 0 Å². The summed E-state index contributed by atoms with van der Waals surface area (Å²) in [5.74, 6) is -0.562. The normalized spacial score (nSPS) is 11.4. The molecule has 0 bridgehead atoms. The van der Waals surface area contributed by atoms with Gasteiger partial charge >= 0.3 is 6.18 Å². The summed E-state index contributed by atoms with van der Waals surface area (Å²) in [5.41, 5.74) is 4.81. The Kier molecular flexibility index (Phi) is 3.71. The zero-order chi connectivity index (χ0) is 14.9. The highest BCUT2D eigenvalue weighted by molar-refractivity contribution is 7.12. The van der Waals surface area contributed by atoms with Gasteiger partial charge in [-0.05, 0) is 42.1 Å². The Morgan fingerprint density at radius 3 is 2.55 bits per heavy atom. The van der Waals surface area contributed by atoms with Gasteiger partial charge in [0, 0.05) is 5.69 Å². The number of alkyl halides is 3. The third-order valence-electron chi connectivity index (χ3n) is 2.67. The number of thiophene rings is 1. The lowest BCUT2D eigenvalue weighted by Gasteiger charge is -2.14. The minimum Gasteiger partial charge on any atom is -0.399 e. The van der Waals surface area contributed by atoms with Gasteiger partial charge in [0.15, 0.2) is 0 Å². The molecule has 0 aliphatic rings. The average Bonchev–Trinajstić information content (AvgIpc) is 2.76. The highest BCUT2D eigenvalue weighted by atomic mass is 32.1. The van der Waals surface area contributed by atoms with E-state index >= 15 is 0 Å². The van der Waals surface area contributed by atoms with Crippen LogP contribution in [0.3, 0.4) is 0 Å². The maximum absolute atomic E-state index is 12.9. The first-order chi connectivity index (χ1) is 9.29. The van der Waals surface area contributed by atoms with E-state index in [2.05, 4.69) is 5.32 Å². The summed E-state index contributed by atoms with van der Waals surface area (Å²) in [5, 5.41) is 3.99. The van der Waals surface area contributed by atoms with Gasteiger partial charge in [0.1, 0.15) is 0 Å². The Hall–Kier alpha value is -2.02. The number of benzene rings is 1. The van der Waals surface area contributed by atoms with Crippen LogP contribution in [0.25, 0.3) is 0 Å². The molecule has 1 amide bonds. The molecule has 0 fully saturated rings. The number of nitrogens with one attached hydrogen (secondary N) is 1. The van der Waals surface area contributed by atoms with Crippen LogP contribution >= 0.6 is 11.3 Å². The minimum atomic E-state index is -4.58. The molecule has 3 N–H and O–H groups in total. The van der Waals surface area contributed by atoms with E-state index in [1.807, 2.05) is 0 Å². The fraction of sp³-hybridized carbons (Fsp3) is 0.154. The van der Waals surface area contributed by atoms with Crippen LogP contribution in [0, 0.1) is 6.92 Å². The van der Waals surface area contributed by atoms with Crippen molar-refractivity contribution in [3.05, 3.63) is 45.6 Å². The second-order valence-electron chi connectivity index (χ2n) is 4.19. The van der Waals surface area contributed by atoms with Crippen LogP contribution in [-0.2, 0) is 6.18 Å². The van der Waals surface area contributed by atoms with E-state index < -0.39 is 17.6 Å². The van der Waals surface area contributed by atoms with E-state index in [-0.39, 0.29) is 11.4 Å². The number of carbonyl (C=O) groups excluding carboxylic acids is 1. The van der Waals surface area contributed by atoms with Crippen LogP contribution < -0.4 is 11.1 Å². The number of rotatable bonds is 2. The Labute approximate surface area is 117 Å². The molecule has 0 radical (unpaired) electrons. The zero-order valence-corrected chi connectivity index (χ0v) is 11.2. The average molecular weight is 300 g/mol. The molecule has 1 heterocycles. The predicted molar refractivity (Wildman–Crippen MR) is 72.9 cm³/mol. The van der Waals surface area contributed by atoms with Gasteiger partial charge in [-0.25, -0.2) is 0 Å². The molecule has 0 saturated heterocycles.